The first-order chi connectivity index (χ1) is 11.8. The fraction of sp³-hybridized carbons (Fsp3) is 0.444. The van der Waals surface area contributed by atoms with Crippen LogP contribution >= 0.6 is 11.8 Å². The van der Waals surface area contributed by atoms with Crippen LogP contribution in [-0.4, -0.2) is 32.0 Å². The van der Waals surface area contributed by atoms with Crippen molar-refractivity contribution in [1.82, 2.24) is 20.1 Å². The van der Waals surface area contributed by atoms with E-state index in [1.54, 1.807) is 6.92 Å². The smallest absolute Gasteiger partial charge is 0.231 e. The summed E-state index contributed by atoms with van der Waals surface area (Å²) in [7, 11) is 0. The SMILES string of the molecule is Cc1ccc(-n2c(C)nnc2SCC(=O)NC(C)(C#N)C(C)C)cc1. The number of rotatable bonds is 6. The molecule has 1 heterocycles. The molecule has 1 unspecified atom stereocenters. The number of hydrogen-bond donors (Lipinski definition) is 1. The number of nitriles is 1. The van der Waals surface area contributed by atoms with Crippen molar-refractivity contribution in [1.29, 1.82) is 5.26 Å². The molecule has 2 rings (SSSR count). The van der Waals surface area contributed by atoms with Crippen molar-refractivity contribution in [3.63, 3.8) is 0 Å². The Morgan fingerprint density at radius 3 is 2.52 bits per heavy atom. The van der Waals surface area contributed by atoms with E-state index in [9.17, 15) is 10.1 Å². The van der Waals surface area contributed by atoms with Crippen LogP contribution in [0.2, 0.25) is 0 Å². The first-order valence-corrected chi connectivity index (χ1v) is 9.09. The van der Waals surface area contributed by atoms with Crippen molar-refractivity contribution >= 4 is 17.7 Å². The van der Waals surface area contributed by atoms with Crippen LogP contribution in [-0.2, 0) is 4.79 Å². The zero-order chi connectivity index (χ0) is 18.6. The van der Waals surface area contributed by atoms with Crippen molar-refractivity contribution in [3.05, 3.63) is 35.7 Å². The molecule has 0 spiro atoms. The molecule has 0 radical (unpaired) electrons. The summed E-state index contributed by atoms with van der Waals surface area (Å²) in [5.74, 6) is 0.758. The van der Waals surface area contributed by atoms with E-state index in [4.69, 9.17) is 0 Å². The fourth-order valence-electron chi connectivity index (χ4n) is 2.18. The first kappa shape index (κ1) is 19.0. The van der Waals surface area contributed by atoms with E-state index in [1.165, 1.54) is 17.3 Å². The molecule has 7 heteroatoms. The molecule has 1 amide bonds. The topological polar surface area (TPSA) is 83.6 Å². The summed E-state index contributed by atoms with van der Waals surface area (Å²) < 4.78 is 1.92. The highest BCUT2D eigenvalue weighted by Gasteiger charge is 2.30. The Balaban J connectivity index is 2.11. The van der Waals surface area contributed by atoms with Gasteiger partial charge in [-0.15, -0.1) is 10.2 Å². The van der Waals surface area contributed by atoms with Crippen LogP contribution in [0.5, 0.6) is 0 Å². The molecule has 0 aliphatic heterocycles. The van der Waals surface area contributed by atoms with Crippen molar-refractivity contribution in [3.8, 4) is 11.8 Å². The van der Waals surface area contributed by atoms with Crippen LogP contribution in [0.4, 0.5) is 0 Å². The lowest BCUT2D eigenvalue weighted by Crippen LogP contribution is -2.49. The predicted molar refractivity (Wildman–Crippen MR) is 98.6 cm³/mol. The number of amides is 1. The van der Waals surface area contributed by atoms with Crippen molar-refractivity contribution in [2.75, 3.05) is 5.75 Å². The average molecular weight is 357 g/mol. The lowest BCUT2D eigenvalue weighted by atomic mass is 9.90. The molecule has 0 aliphatic carbocycles. The van der Waals surface area contributed by atoms with Gasteiger partial charge in [0, 0.05) is 5.69 Å². The molecule has 1 aromatic heterocycles. The number of nitrogens with zero attached hydrogens (tertiary/aromatic N) is 4. The Labute approximate surface area is 152 Å². The second kappa shape index (κ2) is 7.70. The van der Waals surface area contributed by atoms with Crippen molar-refractivity contribution in [2.45, 2.75) is 45.3 Å². The lowest BCUT2D eigenvalue weighted by molar-refractivity contribution is -0.120. The van der Waals surface area contributed by atoms with Gasteiger partial charge < -0.3 is 5.32 Å². The van der Waals surface area contributed by atoms with Crippen LogP contribution in [0.15, 0.2) is 29.4 Å². The Morgan fingerprint density at radius 1 is 1.32 bits per heavy atom. The molecule has 0 bridgehead atoms. The standard InChI is InChI=1S/C18H23N5OS/c1-12(2)18(5,11-19)20-16(24)10-25-17-22-21-14(4)23(17)15-8-6-13(3)7-9-15/h6-9,12H,10H2,1-5H3,(H,20,24). The predicted octanol–water partition coefficient (Wildman–Crippen LogP) is 3.03. The number of hydrogen-bond acceptors (Lipinski definition) is 5. The zero-order valence-electron chi connectivity index (χ0n) is 15.2. The van der Waals surface area contributed by atoms with Gasteiger partial charge in [0.1, 0.15) is 11.4 Å². The van der Waals surface area contributed by atoms with Gasteiger partial charge in [0.2, 0.25) is 5.91 Å². The summed E-state index contributed by atoms with van der Waals surface area (Å²) in [4.78, 5) is 12.3. The highest BCUT2D eigenvalue weighted by atomic mass is 32.2. The van der Waals surface area contributed by atoms with Crippen LogP contribution in [0, 0.1) is 31.1 Å². The number of nitrogens with one attached hydrogen (secondary N) is 1. The zero-order valence-corrected chi connectivity index (χ0v) is 16.0. The minimum absolute atomic E-state index is 0.0184. The lowest BCUT2D eigenvalue weighted by Gasteiger charge is -2.27. The van der Waals surface area contributed by atoms with E-state index >= 15 is 0 Å². The Bertz CT molecular complexity index is 791. The number of thioether (sulfide) groups is 1. The molecule has 0 fully saturated rings. The third-order valence-corrected chi connectivity index (χ3v) is 5.13. The molecule has 132 valence electrons. The van der Waals surface area contributed by atoms with Crippen molar-refractivity contribution in [2.24, 2.45) is 5.92 Å². The summed E-state index contributed by atoms with van der Waals surface area (Å²) in [6.07, 6.45) is 0. The van der Waals surface area contributed by atoms with Gasteiger partial charge in [-0.1, -0.05) is 43.3 Å². The molecule has 6 nitrogen and oxygen atoms in total. The van der Waals surface area contributed by atoms with E-state index < -0.39 is 5.54 Å². The van der Waals surface area contributed by atoms with Gasteiger partial charge in [0.25, 0.3) is 0 Å². The molecule has 25 heavy (non-hydrogen) atoms. The average Bonchev–Trinajstić information content (AvgIpc) is 2.94. The summed E-state index contributed by atoms with van der Waals surface area (Å²) >= 11 is 1.31. The quantitative estimate of drug-likeness (QED) is 0.804. The van der Waals surface area contributed by atoms with E-state index in [0.717, 1.165) is 11.5 Å². The third kappa shape index (κ3) is 4.40. The highest BCUT2D eigenvalue weighted by molar-refractivity contribution is 7.99. The van der Waals surface area contributed by atoms with Gasteiger partial charge in [0.15, 0.2) is 5.16 Å². The molecule has 1 atom stereocenters. The molecule has 0 saturated carbocycles. The van der Waals surface area contributed by atoms with Crippen LogP contribution in [0.1, 0.15) is 32.2 Å². The Hall–Kier alpha value is -2.33. The van der Waals surface area contributed by atoms with E-state index in [1.807, 2.05) is 56.5 Å². The van der Waals surface area contributed by atoms with E-state index in [0.29, 0.717) is 5.16 Å². The maximum absolute atomic E-state index is 12.3. The molecule has 2 aromatic rings. The molecule has 1 aromatic carbocycles. The first-order valence-electron chi connectivity index (χ1n) is 8.11. The third-order valence-electron chi connectivity index (χ3n) is 4.21. The number of aryl methyl sites for hydroxylation is 2. The normalized spacial score (nSPS) is 13.3. The molecule has 0 aliphatic rings. The second-order valence-corrected chi connectivity index (χ2v) is 7.45. The molecule has 1 N–H and O–H groups in total. The van der Waals surface area contributed by atoms with Crippen LogP contribution in [0.25, 0.3) is 5.69 Å². The van der Waals surface area contributed by atoms with Crippen molar-refractivity contribution < 1.29 is 4.79 Å². The minimum atomic E-state index is -0.877. The summed E-state index contributed by atoms with van der Waals surface area (Å²) in [6.45, 7) is 9.47. The van der Waals surface area contributed by atoms with Crippen LogP contribution < -0.4 is 5.32 Å². The Morgan fingerprint density at radius 2 is 1.96 bits per heavy atom. The van der Waals surface area contributed by atoms with Gasteiger partial charge in [-0.2, -0.15) is 5.26 Å². The maximum Gasteiger partial charge on any atom is 0.231 e. The summed E-state index contributed by atoms with van der Waals surface area (Å²) in [5.41, 5.74) is 1.26. The van der Waals surface area contributed by atoms with Gasteiger partial charge in [-0.3, -0.25) is 9.36 Å². The largest absolute Gasteiger partial charge is 0.337 e. The number of carbonyl (C=O) groups is 1. The molecule has 0 saturated heterocycles. The van der Waals surface area contributed by atoms with E-state index in [-0.39, 0.29) is 17.6 Å². The minimum Gasteiger partial charge on any atom is -0.337 e. The van der Waals surface area contributed by atoms with Crippen LogP contribution in [0.3, 0.4) is 0 Å². The monoisotopic (exact) mass is 357 g/mol. The van der Waals surface area contributed by atoms with Gasteiger partial charge in [0.05, 0.1) is 11.8 Å². The number of benzene rings is 1. The summed E-state index contributed by atoms with van der Waals surface area (Å²) in [6, 6.07) is 10.2. The van der Waals surface area contributed by atoms with Gasteiger partial charge in [-0.25, -0.2) is 0 Å². The molecular formula is C18H23N5OS. The van der Waals surface area contributed by atoms with Gasteiger partial charge >= 0.3 is 0 Å². The maximum atomic E-state index is 12.3. The Kier molecular flexibility index (Phi) is 5.85. The van der Waals surface area contributed by atoms with E-state index in [2.05, 4.69) is 21.6 Å². The molecular weight excluding hydrogens is 334 g/mol. The summed E-state index contributed by atoms with van der Waals surface area (Å²) in [5, 5.41) is 21.1. The number of carbonyl (C=O) groups excluding carboxylic acids is 1. The fourth-order valence-corrected chi connectivity index (χ4v) is 2.98. The second-order valence-electron chi connectivity index (χ2n) is 6.51. The van der Waals surface area contributed by atoms with Gasteiger partial charge in [-0.05, 0) is 38.8 Å². The highest BCUT2D eigenvalue weighted by Crippen LogP contribution is 2.22. The number of aromatic nitrogens is 3.